The van der Waals surface area contributed by atoms with Crippen molar-refractivity contribution in [2.24, 2.45) is 0 Å². The fraction of sp³-hybridized carbons (Fsp3) is 0.0833. The van der Waals surface area contributed by atoms with Crippen LogP contribution in [0.25, 0.3) is 22.2 Å². The van der Waals surface area contributed by atoms with E-state index in [1.165, 1.54) is 0 Å². The highest BCUT2D eigenvalue weighted by Gasteiger charge is 2.11. The Labute approximate surface area is 105 Å². The molecule has 0 fully saturated rings. The molecule has 0 saturated heterocycles. The quantitative estimate of drug-likeness (QED) is 0.487. The molecule has 2 aromatic heterocycles. The number of aromatic amines is 1. The summed E-state index contributed by atoms with van der Waals surface area (Å²) in [5.41, 5.74) is 0.443. The molecule has 2 heterocycles. The fourth-order valence-corrected chi connectivity index (χ4v) is 1.92. The highest BCUT2D eigenvalue weighted by atomic mass is 16.2. The van der Waals surface area contributed by atoms with Gasteiger partial charge in [0.25, 0.3) is 5.56 Å². The zero-order chi connectivity index (χ0) is 13.6. The average molecular weight is 256 g/mol. The van der Waals surface area contributed by atoms with Crippen molar-refractivity contribution in [2.75, 3.05) is 0 Å². The number of aromatic nitrogens is 4. The van der Waals surface area contributed by atoms with E-state index >= 15 is 0 Å². The number of carbonyl (C=O) groups excluding carboxylic acids is 1. The Hall–Kier alpha value is -2.83. The number of nitrogens with one attached hydrogen (secondary N) is 1. The van der Waals surface area contributed by atoms with E-state index in [0.717, 1.165) is 5.56 Å². The Morgan fingerprint density at radius 3 is 2.74 bits per heavy atom. The van der Waals surface area contributed by atoms with Gasteiger partial charge in [-0.2, -0.15) is 4.57 Å². The first-order valence-corrected chi connectivity index (χ1v) is 5.49. The van der Waals surface area contributed by atoms with Crippen molar-refractivity contribution >= 4 is 28.6 Å². The summed E-state index contributed by atoms with van der Waals surface area (Å²) in [6.45, 7) is 1.84. The Balaban J connectivity index is 2.60. The van der Waals surface area contributed by atoms with Crippen molar-refractivity contribution in [3.63, 3.8) is 0 Å². The molecule has 0 atom stereocenters. The number of hydrogen-bond acceptors (Lipinski definition) is 5. The number of H-pyrrole nitrogens is 1. The van der Waals surface area contributed by atoms with Gasteiger partial charge in [-0.1, -0.05) is 12.1 Å². The van der Waals surface area contributed by atoms with E-state index in [1.54, 1.807) is 6.07 Å². The maximum Gasteiger partial charge on any atom is 0.336 e. The van der Waals surface area contributed by atoms with Crippen molar-refractivity contribution in [3.8, 4) is 0 Å². The first kappa shape index (κ1) is 11.3. The second-order valence-corrected chi connectivity index (χ2v) is 4.07. The van der Waals surface area contributed by atoms with Gasteiger partial charge in [0.05, 0.1) is 11.0 Å². The summed E-state index contributed by atoms with van der Waals surface area (Å²) in [7, 11) is 0. The molecule has 19 heavy (non-hydrogen) atoms. The lowest BCUT2D eigenvalue weighted by atomic mass is 10.2. The molecule has 0 aliphatic carbocycles. The monoisotopic (exact) mass is 256 g/mol. The van der Waals surface area contributed by atoms with Crippen molar-refractivity contribution < 1.29 is 4.79 Å². The van der Waals surface area contributed by atoms with Crippen LogP contribution in [0.5, 0.6) is 0 Å². The first-order chi connectivity index (χ1) is 9.11. The van der Waals surface area contributed by atoms with Gasteiger partial charge in [-0.15, -0.1) is 0 Å². The summed E-state index contributed by atoms with van der Waals surface area (Å²) >= 11 is 0. The molecule has 0 bridgehead atoms. The van der Waals surface area contributed by atoms with E-state index in [1.807, 2.05) is 19.1 Å². The number of carbonyl (C=O) groups is 1. The predicted octanol–water partition coefficient (Wildman–Crippen LogP) is -0.0203. The van der Waals surface area contributed by atoms with Crippen molar-refractivity contribution in [3.05, 3.63) is 44.6 Å². The highest BCUT2D eigenvalue weighted by Crippen LogP contribution is 2.15. The minimum absolute atomic E-state index is 0.0338. The van der Waals surface area contributed by atoms with Crippen LogP contribution in [0.2, 0.25) is 0 Å². The molecular weight excluding hydrogens is 248 g/mol. The van der Waals surface area contributed by atoms with Gasteiger partial charge < -0.3 is 0 Å². The third kappa shape index (κ3) is 1.55. The zero-order valence-corrected chi connectivity index (χ0v) is 9.88. The third-order valence-corrected chi connectivity index (χ3v) is 2.87. The van der Waals surface area contributed by atoms with Gasteiger partial charge in [0.2, 0.25) is 6.41 Å². The van der Waals surface area contributed by atoms with E-state index in [9.17, 15) is 14.4 Å². The molecule has 1 aromatic carbocycles. The summed E-state index contributed by atoms with van der Waals surface area (Å²) in [5.74, 6) is 0. The molecule has 7 nitrogen and oxygen atoms in total. The summed E-state index contributed by atoms with van der Waals surface area (Å²) in [5, 5.41) is 0. The van der Waals surface area contributed by atoms with Crippen molar-refractivity contribution in [1.29, 1.82) is 0 Å². The second kappa shape index (κ2) is 3.84. The lowest BCUT2D eigenvalue weighted by Crippen LogP contribution is -2.35. The fourth-order valence-electron chi connectivity index (χ4n) is 1.92. The van der Waals surface area contributed by atoms with Crippen LogP contribution >= 0.6 is 0 Å². The number of benzene rings is 1. The molecule has 0 spiro atoms. The van der Waals surface area contributed by atoms with E-state index < -0.39 is 11.2 Å². The van der Waals surface area contributed by atoms with Gasteiger partial charge in [0.1, 0.15) is 0 Å². The van der Waals surface area contributed by atoms with Gasteiger partial charge in [-0.05, 0) is 18.6 Å². The number of para-hydroxylation sites is 1. The molecular formula is C12H8N4O3. The molecule has 94 valence electrons. The Kier molecular flexibility index (Phi) is 2.28. The summed E-state index contributed by atoms with van der Waals surface area (Å²) in [6, 6.07) is 5.38. The standard InChI is InChI=1S/C12H8N4O3/c1-6-3-2-4-7-8(6)14-9-10(13-7)15-12(19)16(5-17)11(9)18/h2-5H,1H3,(H,13,15,19). The molecule has 0 amide bonds. The minimum atomic E-state index is -0.825. The van der Waals surface area contributed by atoms with E-state index in [-0.39, 0.29) is 17.6 Å². The molecule has 3 aromatic rings. The Bertz CT molecular complexity index is 939. The lowest BCUT2D eigenvalue weighted by molar-refractivity contribution is 0.543. The van der Waals surface area contributed by atoms with Crippen LogP contribution in [0.3, 0.4) is 0 Å². The van der Waals surface area contributed by atoms with Crippen LogP contribution in [-0.4, -0.2) is 25.9 Å². The largest absolute Gasteiger partial charge is 0.336 e. The molecule has 3 rings (SSSR count). The minimum Gasteiger partial charge on any atom is -0.289 e. The van der Waals surface area contributed by atoms with Crippen LogP contribution < -0.4 is 11.2 Å². The van der Waals surface area contributed by atoms with Gasteiger partial charge in [0.15, 0.2) is 11.2 Å². The third-order valence-electron chi connectivity index (χ3n) is 2.87. The number of rotatable bonds is 1. The molecule has 1 N–H and O–H groups in total. The van der Waals surface area contributed by atoms with Crippen molar-refractivity contribution in [1.82, 2.24) is 19.5 Å². The Morgan fingerprint density at radius 2 is 2.00 bits per heavy atom. The summed E-state index contributed by atoms with van der Waals surface area (Å²) in [4.78, 5) is 44.9. The SMILES string of the molecule is Cc1cccc2nc3[nH]c(=O)n(C=O)c(=O)c3nc12. The van der Waals surface area contributed by atoms with Gasteiger partial charge >= 0.3 is 5.69 Å². The second-order valence-electron chi connectivity index (χ2n) is 4.07. The maximum absolute atomic E-state index is 11.9. The van der Waals surface area contributed by atoms with E-state index in [0.29, 0.717) is 15.6 Å². The molecule has 0 saturated carbocycles. The van der Waals surface area contributed by atoms with Crippen LogP contribution in [0.1, 0.15) is 5.56 Å². The molecule has 0 aliphatic heterocycles. The smallest absolute Gasteiger partial charge is 0.289 e. The van der Waals surface area contributed by atoms with Gasteiger partial charge in [-0.3, -0.25) is 14.6 Å². The van der Waals surface area contributed by atoms with E-state index in [2.05, 4.69) is 15.0 Å². The van der Waals surface area contributed by atoms with Crippen LogP contribution in [0.4, 0.5) is 0 Å². The molecule has 0 radical (unpaired) electrons. The number of fused-ring (bicyclic) bond motifs is 2. The van der Waals surface area contributed by atoms with Crippen molar-refractivity contribution in [2.45, 2.75) is 6.92 Å². The van der Waals surface area contributed by atoms with Crippen LogP contribution in [0, 0.1) is 6.92 Å². The van der Waals surface area contributed by atoms with Gasteiger partial charge in [-0.25, -0.2) is 14.8 Å². The number of aryl methyl sites for hydroxylation is 1. The van der Waals surface area contributed by atoms with Gasteiger partial charge in [0, 0.05) is 0 Å². The van der Waals surface area contributed by atoms with Crippen LogP contribution in [0.15, 0.2) is 27.8 Å². The number of hydrogen-bond donors (Lipinski definition) is 1. The first-order valence-electron chi connectivity index (χ1n) is 5.49. The molecule has 0 aliphatic rings. The average Bonchev–Trinajstić information content (AvgIpc) is 2.38. The highest BCUT2D eigenvalue weighted by molar-refractivity contribution is 5.86. The summed E-state index contributed by atoms with van der Waals surface area (Å²) in [6.07, 6.45) is 0.157. The number of nitrogens with zero attached hydrogens (tertiary/aromatic N) is 3. The topological polar surface area (TPSA) is 97.7 Å². The lowest BCUT2D eigenvalue weighted by Gasteiger charge is -2.03. The van der Waals surface area contributed by atoms with E-state index in [4.69, 9.17) is 0 Å². The maximum atomic E-state index is 11.9. The predicted molar refractivity (Wildman–Crippen MR) is 68.8 cm³/mol. The molecule has 0 unspecified atom stereocenters. The zero-order valence-electron chi connectivity index (χ0n) is 9.88. The van der Waals surface area contributed by atoms with Crippen LogP contribution in [-0.2, 0) is 4.79 Å². The Morgan fingerprint density at radius 1 is 1.21 bits per heavy atom. The molecule has 7 heteroatoms. The summed E-state index contributed by atoms with van der Waals surface area (Å²) < 4.78 is 0.432. The normalized spacial score (nSPS) is 11.0.